The van der Waals surface area contributed by atoms with Crippen molar-refractivity contribution < 1.29 is 14.7 Å². The summed E-state index contributed by atoms with van der Waals surface area (Å²) in [7, 11) is 0. The first-order valence-electron chi connectivity index (χ1n) is 6.27. The summed E-state index contributed by atoms with van der Waals surface area (Å²) in [6.07, 6.45) is 0. The van der Waals surface area contributed by atoms with Crippen LogP contribution in [0, 0.1) is 5.92 Å². The number of carbonyl (C=O) groups is 2. The van der Waals surface area contributed by atoms with E-state index in [2.05, 4.69) is 10.6 Å². The molecule has 1 atom stereocenters. The van der Waals surface area contributed by atoms with Crippen molar-refractivity contribution in [1.82, 2.24) is 10.6 Å². The minimum Gasteiger partial charge on any atom is -0.508 e. The van der Waals surface area contributed by atoms with Crippen molar-refractivity contribution in [2.45, 2.75) is 26.8 Å². The molecule has 3 N–H and O–H groups in total. The van der Waals surface area contributed by atoms with Crippen LogP contribution in [0.4, 0.5) is 0 Å². The number of rotatable bonds is 5. The Kier molecular flexibility index (Phi) is 5.36. The second-order valence-electron chi connectivity index (χ2n) is 4.88. The minimum atomic E-state index is -0.617. The van der Waals surface area contributed by atoms with Gasteiger partial charge < -0.3 is 15.7 Å². The first kappa shape index (κ1) is 15.0. The van der Waals surface area contributed by atoms with E-state index in [9.17, 15) is 14.7 Å². The Balaban J connectivity index is 2.54. The van der Waals surface area contributed by atoms with Gasteiger partial charge in [0.15, 0.2) is 0 Å². The van der Waals surface area contributed by atoms with E-state index < -0.39 is 6.04 Å². The van der Waals surface area contributed by atoms with Crippen molar-refractivity contribution in [1.29, 1.82) is 0 Å². The van der Waals surface area contributed by atoms with Gasteiger partial charge in [0.25, 0.3) is 5.91 Å². The molecule has 1 unspecified atom stereocenters. The fourth-order valence-electron chi connectivity index (χ4n) is 1.45. The molecule has 0 saturated heterocycles. The lowest BCUT2D eigenvalue weighted by Gasteiger charge is -2.15. The number of aromatic hydroxyl groups is 1. The zero-order valence-corrected chi connectivity index (χ0v) is 11.4. The van der Waals surface area contributed by atoms with Crippen LogP contribution in [-0.4, -0.2) is 29.5 Å². The molecule has 0 aromatic heterocycles. The summed E-state index contributed by atoms with van der Waals surface area (Å²) in [5.74, 6) is -0.229. The summed E-state index contributed by atoms with van der Waals surface area (Å²) in [4.78, 5) is 23.6. The topological polar surface area (TPSA) is 78.4 Å². The van der Waals surface area contributed by atoms with E-state index in [0.29, 0.717) is 18.0 Å². The molecule has 5 heteroatoms. The van der Waals surface area contributed by atoms with Crippen molar-refractivity contribution in [3.8, 4) is 5.75 Å². The molecule has 1 aromatic carbocycles. The number of phenols is 1. The average Bonchev–Trinajstić information content (AvgIpc) is 2.35. The number of phenolic OH excluding ortho intramolecular Hbond substituents is 1. The highest BCUT2D eigenvalue weighted by atomic mass is 16.3. The highest BCUT2D eigenvalue weighted by molar-refractivity contribution is 5.97. The zero-order valence-electron chi connectivity index (χ0n) is 11.4. The Morgan fingerprint density at radius 1 is 1.26 bits per heavy atom. The van der Waals surface area contributed by atoms with Crippen LogP contribution in [0.1, 0.15) is 31.1 Å². The predicted molar refractivity (Wildman–Crippen MR) is 72.9 cm³/mol. The molecule has 0 spiro atoms. The summed E-state index contributed by atoms with van der Waals surface area (Å²) in [6, 6.07) is 5.37. The standard InChI is InChI=1S/C14H20N2O3/c1-9(2)8-15-13(18)10(3)16-14(19)11-5-4-6-12(17)7-11/h4-7,9-10,17H,8H2,1-3H3,(H,15,18)(H,16,19). The Morgan fingerprint density at radius 2 is 1.95 bits per heavy atom. The van der Waals surface area contributed by atoms with E-state index in [1.807, 2.05) is 13.8 Å². The van der Waals surface area contributed by atoms with Crippen LogP contribution in [0.2, 0.25) is 0 Å². The molecule has 104 valence electrons. The number of nitrogens with one attached hydrogen (secondary N) is 2. The van der Waals surface area contributed by atoms with Gasteiger partial charge in [0.1, 0.15) is 11.8 Å². The van der Waals surface area contributed by atoms with Gasteiger partial charge in [-0.3, -0.25) is 9.59 Å². The molecule has 0 bridgehead atoms. The van der Waals surface area contributed by atoms with Gasteiger partial charge in [0.2, 0.25) is 5.91 Å². The molecule has 0 saturated carbocycles. The maximum atomic E-state index is 11.8. The van der Waals surface area contributed by atoms with Crippen LogP contribution >= 0.6 is 0 Å². The second-order valence-corrected chi connectivity index (χ2v) is 4.88. The number of benzene rings is 1. The van der Waals surface area contributed by atoms with Crippen molar-refractivity contribution in [3.63, 3.8) is 0 Å². The highest BCUT2D eigenvalue weighted by Gasteiger charge is 2.16. The van der Waals surface area contributed by atoms with Crippen LogP contribution in [0.25, 0.3) is 0 Å². The molecule has 2 amide bonds. The average molecular weight is 264 g/mol. The fourth-order valence-corrected chi connectivity index (χ4v) is 1.45. The third kappa shape index (κ3) is 4.99. The maximum Gasteiger partial charge on any atom is 0.252 e. The molecule has 0 aliphatic carbocycles. The number of hydrogen-bond donors (Lipinski definition) is 3. The molecular formula is C14H20N2O3. The number of amides is 2. The smallest absolute Gasteiger partial charge is 0.252 e. The number of hydrogen-bond acceptors (Lipinski definition) is 3. The van der Waals surface area contributed by atoms with E-state index in [1.54, 1.807) is 19.1 Å². The van der Waals surface area contributed by atoms with Gasteiger partial charge in [0, 0.05) is 12.1 Å². The van der Waals surface area contributed by atoms with Crippen LogP contribution in [0.3, 0.4) is 0 Å². The Morgan fingerprint density at radius 3 is 2.53 bits per heavy atom. The molecule has 0 aliphatic rings. The first-order chi connectivity index (χ1) is 8.90. The summed E-state index contributed by atoms with van der Waals surface area (Å²) in [6.45, 7) is 6.19. The number of carbonyl (C=O) groups excluding carboxylic acids is 2. The summed E-state index contributed by atoms with van der Waals surface area (Å²) in [5, 5.41) is 14.6. The van der Waals surface area contributed by atoms with E-state index >= 15 is 0 Å². The van der Waals surface area contributed by atoms with Gasteiger partial charge in [-0.15, -0.1) is 0 Å². The van der Waals surface area contributed by atoms with Gasteiger partial charge in [-0.25, -0.2) is 0 Å². The maximum absolute atomic E-state index is 11.8. The van der Waals surface area contributed by atoms with Crippen molar-refractivity contribution >= 4 is 11.8 Å². The molecule has 0 aliphatic heterocycles. The van der Waals surface area contributed by atoms with E-state index in [0.717, 1.165) is 0 Å². The fraction of sp³-hybridized carbons (Fsp3) is 0.429. The lowest BCUT2D eigenvalue weighted by molar-refractivity contribution is -0.122. The highest BCUT2D eigenvalue weighted by Crippen LogP contribution is 2.10. The van der Waals surface area contributed by atoms with Gasteiger partial charge in [-0.05, 0) is 31.0 Å². The summed E-state index contributed by atoms with van der Waals surface area (Å²) >= 11 is 0. The monoisotopic (exact) mass is 264 g/mol. The zero-order chi connectivity index (χ0) is 14.4. The van der Waals surface area contributed by atoms with Crippen molar-refractivity contribution in [2.24, 2.45) is 5.92 Å². The first-order valence-corrected chi connectivity index (χ1v) is 6.27. The third-order valence-electron chi connectivity index (χ3n) is 2.53. The lowest BCUT2D eigenvalue weighted by atomic mass is 10.2. The molecule has 0 radical (unpaired) electrons. The van der Waals surface area contributed by atoms with Gasteiger partial charge >= 0.3 is 0 Å². The largest absolute Gasteiger partial charge is 0.508 e. The predicted octanol–water partition coefficient (Wildman–Crippen LogP) is 1.28. The Bertz CT molecular complexity index is 458. The van der Waals surface area contributed by atoms with E-state index in [4.69, 9.17) is 0 Å². The molecule has 1 aromatic rings. The molecule has 1 rings (SSSR count). The van der Waals surface area contributed by atoms with Crippen molar-refractivity contribution in [2.75, 3.05) is 6.54 Å². The van der Waals surface area contributed by atoms with E-state index in [1.165, 1.54) is 12.1 Å². The molecule has 5 nitrogen and oxygen atoms in total. The minimum absolute atomic E-state index is 0.0181. The summed E-state index contributed by atoms with van der Waals surface area (Å²) < 4.78 is 0. The van der Waals surface area contributed by atoms with Gasteiger partial charge in [-0.2, -0.15) is 0 Å². The normalized spacial score (nSPS) is 12.0. The van der Waals surface area contributed by atoms with Gasteiger partial charge in [0.05, 0.1) is 0 Å². The Hall–Kier alpha value is -2.04. The third-order valence-corrected chi connectivity index (χ3v) is 2.53. The molecule has 0 heterocycles. The molecule has 0 fully saturated rings. The van der Waals surface area contributed by atoms with Crippen LogP contribution in [0.5, 0.6) is 5.75 Å². The quantitative estimate of drug-likeness (QED) is 0.749. The second kappa shape index (κ2) is 6.78. The SMILES string of the molecule is CC(C)CNC(=O)C(C)NC(=O)c1cccc(O)c1. The van der Waals surface area contributed by atoms with Crippen LogP contribution < -0.4 is 10.6 Å². The Labute approximate surface area is 113 Å². The van der Waals surface area contributed by atoms with Crippen molar-refractivity contribution in [3.05, 3.63) is 29.8 Å². The lowest BCUT2D eigenvalue weighted by Crippen LogP contribution is -2.45. The van der Waals surface area contributed by atoms with E-state index in [-0.39, 0.29) is 17.6 Å². The van der Waals surface area contributed by atoms with Gasteiger partial charge in [-0.1, -0.05) is 19.9 Å². The van der Waals surface area contributed by atoms with Crippen LogP contribution in [-0.2, 0) is 4.79 Å². The summed E-state index contributed by atoms with van der Waals surface area (Å²) in [5.41, 5.74) is 0.323. The molecular weight excluding hydrogens is 244 g/mol. The molecule has 19 heavy (non-hydrogen) atoms. The van der Waals surface area contributed by atoms with Crippen LogP contribution in [0.15, 0.2) is 24.3 Å².